The Morgan fingerprint density at radius 3 is 2.67 bits per heavy atom. The van der Waals surface area contributed by atoms with Crippen LogP contribution in [0.2, 0.25) is 0 Å². The highest BCUT2D eigenvalue weighted by Crippen LogP contribution is 2.26. The maximum absolute atomic E-state index is 12.0. The van der Waals surface area contributed by atoms with Gasteiger partial charge in [-0.05, 0) is 24.3 Å². The van der Waals surface area contributed by atoms with Crippen LogP contribution in [0.4, 0.5) is 0 Å². The molecule has 6 heteroatoms. The van der Waals surface area contributed by atoms with Crippen molar-refractivity contribution in [1.29, 1.82) is 0 Å². The third-order valence-corrected chi connectivity index (χ3v) is 4.55. The lowest BCUT2D eigenvalue weighted by Crippen LogP contribution is -2.26. The highest BCUT2D eigenvalue weighted by Gasteiger charge is 2.17. The minimum Gasteiger partial charge on any atom is -0.347 e. The van der Waals surface area contributed by atoms with E-state index in [4.69, 9.17) is 10.3 Å². The number of benzene rings is 1. The van der Waals surface area contributed by atoms with Crippen LogP contribution in [-0.2, 0) is 17.9 Å². The predicted molar refractivity (Wildman–Crippen MR) is 90.7 cm³/mol. The molecule has 6 nitrogen and oxygen atoms in total. The van der Waals surface area contributed by atoms with Crippen LogP contribution in [0.3, 0.4) is 0 Å². The maximum atomic E-state index is 12.0. The number of aromatic nitrogens is 2. The summed E-state index contributed by atoms with van der Waals surface area (Å²) >= 11 is 0. The van der Waals surface area contributed by atoms with Crippen LogP contribution in [0.15, 0.2) is 28.8 Å². The summed E-state index contributed by atoms with van der Waals surface area (Å²) in [5.41, 5.74) is 7.51. The first-order chi connectivity index (χ1) is 11.7. The fourth-order valence-electron chi connectivity index (χ4n) is 3.13. The third-order valence-electron chi connectivity index (χ3n) is 4.55. The summed E-state index contributed by atoms with van der Waals surface area (Å²) in [6.07, 6.45) is 6.71. The van der Waals surface area contributed by atoms with Crippen molar-refractivity contribution in [2.75, 3.05) is 0 Å². The van der Waals surface area contributed by atoms with Gasteiger partial charge in [-0.3, -0.25) is 4.79 Å². The van der Waals surface area contributed by atoms with E-state index in [1.807, 2.05) is 24.3 Å². The molecule has 1 aromatic heterocycles. The molecule has 0 unspecified atom stereocenters. The fourth-order valence-corrected chi connectivity index (χ4v) is 3.13. The van der Waals surface area contributed by atoms with Gasteiger partial charge in [0.1, 0.15) is 0 Å². The average Bonchev–Trinajstić information content (AvgIpc) is 3.10. The molecule has 0 atom stereocenters. The summed E-state index contributed by atoms with van der Waals surface area (Å²) in [4.78, 5) is 16.4. The van der Waals surface area contributed by atoms with Crippen molar-refractivity contribution in [3.05, 3.63) is 35.7 Å². The van der Waals surface area contributed by atoms with Gasteiger partial charge in [0, 0.05) is 18.5 Å². The van der Waals surface area contributed by atoms with Gasteiger partial charge in [-0.15, -0.1) is 0 Å². The SMILES string of the molecule is NCc1ccc(-c2noc(CNC(=O)CC3CCCCC3)n2)cc1. The van der Waals surface area contributed by atoms with Crippen molar-refractivity contribution >= 4 is 5.91 Å². The molecule has 1 amide bonds. The fraction of sp³-hybridized carbons (Fsp3) is 0.500. The lowest BCUT2D eigenvalue weighted by molar-refractivity contribution is -0.122. The summed E-state index contributed by atoms with van der Waals surface area (Å²) in [5, 5.41) is 6.84. The lowest BCUT2D eigenvalue weighted by Gasteiger charge is -2.20. The van der Waals surface area contributed by atoms with Crippen LogP contribution in [-0.4, -0.2) is 16.0 Å². The van der Waals surface area contributed by atoms with Crippen LogP contribution < -0.4 is 11.1 Å². The highest BCUT2D eigenvalue weighted by atomic mass is 16.5. The molecule has 1 heterocycles. The van der Waals surface area contributed by atoms with Crippen LogP contribution in [0.5, 0.6) is 0 Å². The molecule has 0 radical (unpaired) electrons. The Labute approximate surface area is 141 Å². The number of nitrogens with zero attached hydrogens (tertiary/aromatic N) is 2. The van der Waals surface area contributed by atoms with Crippen LogP contribution >= 0.6 is 0 Å². The van der Waals surface area contributed by atoms with Gasteiger partial charge in [0.15, 0.2) is 0 Å². The summed E-state index contributed by atoms with van der Waals surface area (Å²) in [7, 11) is 0. The maximum Gasteiger partial charge on any atom is 0.246 e. The molecule has 0 saturated heterocycles. The molecule has 24 heavy (non-hydrogen) atoms. The zero-order chi connectivity index (χ0) is 16.8. The number of hydrogen-bond acceptors (Lipinski definition) is 5. The van der Waals surface area contributed by atoms with Gasteiger partial charge >= 0.3 is 0 Å². The van der Waals surface area contributed by atoms with E-state index in [-0.39, 0.29) is 12.5 Å². The second-order valence-electron chi connectivity index (χ2n) is 6.40. The molecular weight excluding hydrogens is 304 g/mol. The first kappa shape index (κ1) is 16.6. The van der Waals surface area contributed by atoms with Gasteiger partial charge in [0.05, 0.1) is 6.54 Å². The molecular formula is C18H24N4O2. The zero-order valence-corrected chi connectivity index (χ0v) is 13.8. The second-order valence-corrected chi connectivity index (χ2v) is 6.40. The third kappa shape index (κ3) is 4.41. The number of rotatable bonds is 6. The van der Waals surface area contributed by atoms with Crippen molar-refractivity contribution in [3.8, 4) is 11.4 Å². The van der Waals surface area contributed by atoms with E-state index in [9.17, 15) is 4.79 Å². The zero-order valence-electron chi connectivity index (χ0n) is 13.8. The second kappa shape index (κ2) is 8.06. The topological polar surface area (TPSA) is 94.0 Å². The molecule has 1 saturated carbocycles. The number of hydrogen-bond donors (Lipinski definition) is 2. The Morgan fingerprint density at radius 2 is 1.96 bits per heavy atom. The van der Waals surface area contributed by atoms with E-state index in [1.54, 1.807) is 0 Å². The number of carbonyl (C=O) groups is 1. The van der Waals surface area contributed by atoms with Gasteiger partial charge in [-0.1, -0.05) is 48.7 Å². The summed E-state index contributed by atoms with van der Waals surface area (Å²) in [6.45, 7) is 0.782. The summed E-state index contributed by atoms with van der Waals surface area (Å²) in [5.74, 6) is 1.53. The Balaban J connectivity index is 1.50. The Bertz CT molecular complexity index is 660. The summed E-state index contributed by atoms with van der Waals surface area (Å²) < 4.78 is 5.22. The Kier molecular flexibility index (Phi) is 5.59. The average molecular weight is 328 g/mol. The van der Waals surface area contributed by atoms with E-state index in [0.717, 1.165) is 24.0 Å². The van der Waals surface area contributed by atoms with E-state index in [0.29, 0.717) is 30.6 Å². The Morgan fingerprint density at radius 1 is 1.21 bits per heavy atom. The molecule has 0 aliphatic heterocycles. The van der Waals surface area contributed by atoms with Gasteiger partial charge in [0.25, 0.3) is 0 Å². The number of nitrogens with one attached hydrogen (secondary N) is 1. The van der Waals surface area contributed by atoms with Gasteiger partial charge in [-0.25, -0.2) is 0 Å². The van der Waals surface area contributed by atoms with Crippen LogP contribution in [0, 0.1) is 5.92 Å². The predicted octanol–water partition coefficient (Wildman–Crippen LogP) is 2.78. The van der Waals surface area contributed by atoms with Gasteiger partial charge in [0.2, 0.25) is 17.6 Å². The first-order valence-electron chi connectivity index (χ1n) is 8.63. The molecule has 3 N–H and O–H groups in total. The highest BCUT2D eigenvalue weighted by molar-refractivity contribution is 5.76. The van der Waals surface area contributed by atoms with Crippen molar-refractivity contribution in [2.24, 2.45) is 11.7 Å². The van der Waals surface area contributed by atoms with Crippen molar-refractivity contribution in [1.82, 2.24) is 15.5 Å². The van der Waals surface area contributed by atoms with Gasteiger partial charge < -0.3 is 15.6 Å². The number of carbonyl (C=O) groups excluding carboxylic acids is 1. The standard InChI is InChI=1S/C18H24N4O2/c19-11-14-6-8-15(9-7-14)18-21-17(24-22-18)12-20-16(23)10-13-4-2-1-3-5-13/h6-9,13H,1-5,10-12,19H2,(H,20,23). The lowest BCUT2D eigenvalue weighted by atomic mass is 9.87. The van der Waals surface area contributed by atoms with Crippen molar-refractivity contribution in [2.45, 2.75) is 51.6 Å². The van der Waals surface area contributed by atoms with E-state index in [2.05, 4.69) is 15.5 Å². The smallest absolute Gasteiger partial charge is 0.246 e. The van der Waals surface area contributed by atoms with E-state index in [1.165, 1.54) is 19.3 Å². The van der Waals surface area contributed by atoms with E-state index >= 15 is 0 Å². The molecule has 2 aromatic rings. The minimum atomic E-state index is 0.0638. The molecule has 1 fully saturated rings. The molecule has 3 rings (SSSR count). The molecule has 128 valence electrons. The first-order valence-corrected chi connectivity index (χ1v) is 8.63. The van der Waals surface area contributed by atoms with Crippen molar-refractivity contribution < 1.29 is 9.32 Å². The summed E-state index contributed by atoms with van der Waals surface area (Å²) in [6, 6.07) is 7.71. The number of nitrogens with two attached hydrogens (primary N) is 1. The molecule has 1 aliphatic carbocycles. The molecule has 0 spiro atoms. The van der Waals surface area contributed by atoms with Crippen molar-refractivity contribution in [3.63, 3.8) is 0 Å². The Hall–Kier alpha value is -2.21. The molecule has 0 bridgehead atoms. The molecule has 1 aliphatic rings. The van der Waals surface area contributed by atoms with E-state index < -0.39 is 0 Å². The largest absolute Gasteiger partial charge is 0.347 e. The monoisotopic (exact) mass is 328 g/mol. The normalized spacial score (nSPS) is 15.4. The van der Waals surface area contributed by atoms with Crippen LogP contribution in [0.25, 0.3) is 11.4 Å². The van der Waals surface area contributed by atoms with Gasteiger partial charge in [-0.2, -0.15) is 4.98 Å². The minimum absolute atomic E-state index is 0.0638. The van der Waals surface area contributed by atoms with Crippen LogP contribution in [0.1, 0.15) is 50.0 Å². The number of amides is 1. The molecule has 1 aromatic carbocycles. The quantitative estimate of drug-likeness (QED) is 0.850.